The van der Waals surface area contributed by atoms with Gasteiger partial charge in [-0.1, -0.05) is 59.1 Å². The van der Waals surface area contributed by atoms with Gasteiger partial charge >= 0.3 is 6.18 Å². The molecule has 4 aromatic carbocycles. The molecule has 4 aromatic rings. The van der Waals surface area contributed by atoms with Crippen molar-refractivity contribution in [2.24, 2.45) is 5.10 Å². The van der Waals surface area contributed by atoms with E-state index in [1.165, 1.54) is 37.6 Å². The number of amides is 1. The van der Waals surface area contributed by atoms with E-state index in [1.807, 2.05) is 0 Å². The Morgan fingerprint density at radius 3 is 2.37 bits per heavy atom. The fraction of sp³-hybridized carbons (Fsp3) is 0.133. The number of carbonyl (C=O) groups is 1. The highest BCUT2D eigenvalue weighted by molar-refractivity contribution is 9.10. The monoisotopic (exact) mass is 777 g/mol. The predicted octanol–water partition coefficient (Wildman–Crippen LogP) is 8.36. The third kappa shape index (κ3) is 8.65. The molecule has 0 unspecified atom stereocenters. The Kier molecular flexibility index (Phi) is 11.5. The summed E-state index contributed by atoms with van der Waals surface area (Å²) in [4.78, 5) is 12.7. The molecule has 0 aliphatic heterocycles. The molecule has 1 N–H and O–H groups in total. The third-order valence-electron chi connectivity index (χ3n) is 6.20. The number of alkyl halides is 3. The van der Waals surface area contributed by atoms with E-state index in [4.69, 9.17) is 44.3 Å². The number of hydrazone groups is 1. The number of ether oxygens (including phenoxy) is 2. The zero-order valence-electron chi connectivity index (χ0n) is 23.5. The first-order valence-corrected chi connectivity index (χ1v) is 16.3. The van der Waals surface area contributed by atoms with Gasteiger partial charge in [0.1, 0.15) is 13.2 Å². The zero-order valence-corrected chi connectivity index (χ0v) is 28.2. The first kappa shape index (κ1) is 35.4. The summed E-state index contributed by atoms with van der Waals surface area (Å²) in [6, 6.07) is 17.7. The molecule has 4 rings (SSSR count). The Balaban J connectivity index is 1.54. The van der Waals surface area contributed by atoms with E-state index in [2.05, 4.69) is 26.5 Å². The Hall–Kier alpha value is -3.49. The first-order chi connectivity index (χ1) is 21.7. The molecule has 0 saturated heterocycles. The average molecular weight is 780 g/mol. The number of anilines is 1. The van der Waals surface area contributed by atoms with Crippen molar-refractivity contribution >= 4 is 78.6 Å². The summed E-state index contributed by atoms with van der Waals surface area (Å²) in [6.45, 7) is -0.796. The van der Waals surface area contributed by atoms with Gasteiger partial charge in [-0.05, 0) is 76.1 Å². The topological polar surface area (TPSA) is 97.3 Å². The van der Waals surface area contributed by atoms with Gasteiger partial charge in [-0.25, -0.2) is 13.8 Å². The molecule has 0 spiro atoms. The number of hydrogen-bond acceptors (Lipinski definition) is 6. The van der Waals surface area contributed by atoms with Crippen molar-refractivity contribution < 1.29 is 35.9 Å². The van der Waals surface area contributed by atoms with Crippen molar-refractivity contribution in [3.8, 4) is 11.5 Å². The van der Waals surface area contributed by atoms with Crippen LogP contribution in [-0.2, 0) is 27.6 Å². The predicted molar refractivity (Wildman–Crippen MR) is 175 cm³/mol. The number of rotatable bonds is 11. The van der Waals surface area contributed by atoms with Gasteiger partial charge in [0, 0.05) is 15.6 Å². The maximum absolute atomic E-state index is 13.6. The van der Waals surface area contributed by atoms with Crippen LogP contribution in [0.2, 0.25) is 15.1 Å². The van der Waals surface area contributed by atoms with Crippen LogP contribution in [0.1, 0.15) is 16.7 Å². The van der Waals surface area contributed by atoms with Crippen molar-refractivity contribution in [3.63, 3.8) is 0 Å². The van der Waals surface area contributed by atoms with Crippen LogP contribution in [-0.4, -0.2) is 34.2 Å². The molecule has 0 saturated carbocycles. The van der Waals surface area contributed by atoms with Crippen LogP contribution in [0.5, 0.6) is 11.5 Å². The third-order valence-corrected chi connectivity index (χ3v) is 9.50. The first-order valence-electron chi connectivity index (χ1n) is 12.9. The number of nitrogens with zero attached hydrogens (tertiary/aromatic N) is 2. The van der Waals surface area contributed by atoms with Gasteiger partial charge in [0.05, 0.1) is 39.0 Å². The molecule has 0 aliphatic rings. The van der Waals surface area contributed by atoms with E-state index in [9.17, 15) is 26.4 Å². The fourth-order valence-electron chi connectivity index (χ4n) is 4.01. The van der Waals surface area contributed by atoms with E-state index in [1.54, 1.807) is 36.4 Å². The lowest BCUT2D eigenvalue weighted by Gasteiger charge is -2.24. The largest absolute Gasteiger partial charge is 0.493 e. The fourth-order valence-corrected chi connectivity index (χ4v) is 6.70. The molecule has 0 aromatic heterocycles. The summed E-state index contributed by atoms with van der Waals surface area (Å²) in [7, 11) is -3.07. The highest BCUT2D eigenvalue weighted by Gasteiger charge is 2.35. The van der Waals surface area contributed by atoms with Gasteiger partial charge in [-0.3, -0.25) is 9.10 Å². The summed E-state index contributed by atoms with van der Waals surface area (Å²) in [5, 5.41) is 4.15. The van der Waals surface area contributed by atoms with Crippen molar-refractivity contribution in [2.75, 3.05) is 18.0 Å². The zero-order chi connectivity index (χ0) is 33.6. The lowest BCUT2D eigenvalue weighted by Crippen LogP contribution is -2.39. The number of benzene rings is 4. The van der Waals surface area contributed by atoms with Crippen LogP contribution in [0.15, 0.2) is 93.3 Å². The van der Waals surface area contributed by atoms with Crippen LogP contribution in [0, 0.1) is 0 Å². The van der Waals surface area contributed by atoms with Crippen LogP contribution >= 0.6 is 50.7 Å². The molecule has 242 valence electrons. The van der Waals surface area contributed by atoms with E-state index in [-0.39, 0.29) is 11.5 Å². The number of carbonyl (C=O) groups excluding carboxylic acids is 1. The molecule has 0 atom stereocenters. The van der Waals surface area contributed by atoms with Crippen LogP contribution in [0.4, 0.5) is 18.9 Å². The molecule has 8 nitrogen and oxygen atoms in total. The molecule has 16 heteroatoms. The highest BCUT2D eigenvalue weighted by atomic mass is 79.9. The Labute approximate surface area is 285 Å². The second-order valence-corrected chi connectivity index (χ2v) is 13.3. The lowest BCUT2D eigenvalue weighted by atomic mass is 10.2. The molecule has 0 bridgehead atoms. The Morgan fingerprint density at radius 2 is 1.72 bits per heavy atom. The lowest BCUT2D eigenvalue weighted by molar-refractivity contribution is -0.137. The van der Waals surface area contributed by atoms with Crippen molar-refractivity contribution in [2.45, 2.75) is 17.7 Å². The molecular weight excluding hydrogens is 758 g/mol. The second-order valence-electron chi connectivity index (χ2n) is 9.34. The summed E-state index contributed by atoms with van der Waals surface area (Å²) in [6.07, 6.45) is -3.62. The summed E-state index contributed by atoms with van der Waals surface area (Å²) in [5.74, 6) is -0.265. The smallest absolute Gasteiger partial charge is 0.417 e. The molecule has 0 fully saturated rings. The van der Waals surface area contributed by atoms with Gasteiger partial charge in [-0.2, -0.15) is 18.3 Å². The number of hydrogen-bond donors (Lipinski definition) is 1. The quantitative estimate of drug-likeness (QED) is 0.122. The molecule has 1 amide bonds. The molecular formula is C30H22BrCl3F3N3O5S. The molecule has 46 heavy (non-hydrogen) atoms. The van der Waals surface area contributed by atoms with Gasteiger partial charge < -0.3 is 9.47 Å². The Bertz CT molecular complexity index is 1880. The minimum Gasteiger partial charge on any atom is -0.493 e. The SMILES string of the molecule is COc1cc(/C=N/NC(=O)CN(c2ccc(Cl)c(C(F)(F)F)c2)S(=O)(=O)c2ccccc2)cc(Br)c1OCc1ccc(Cl)cc1Cl. The van der Waals surface area contributed by atoms with Gasteiger partial charge in [0.25, 0.3) is 15.9 Å². The van der Waals surface area contributed by atoms with Gasteiger partial charge in [0.2, 0.25) is 0 Å². The number of methoxy groups -OCH3 is 1. The maximum Gasteiger partial charge on any atom is 0.417 e. The minimum atomic E-state index is -4.87. The molecule has 0 aliphatic carbocycles. The number of sulfonamides is 1. The molecule has 0 radical (unpaired) electrons. The summed E-state index contributed by atoms with van der Waals surface area (Å²) in [5.41, 5.74) is 1.65. The van der Waals surface area contributed by atoms with Crippen molar-refractivity contribution in [1.29, 1.82) is 0 Å². The summed E-state index contributed by atoms with van der Waals surface area (Å²) >= 11 is 21.3. The second kappa shape index (κ2) is 14.9. The standard InChI is InChI=1S/C30H22BrCl3F3N3O5S/c1-44-27-12-18(11-24(31)29(27)45-17-19-7-8-20(32)13-26(19)34)15-38-39-28(41)16-40(46(42,43)22-5-3-2-4-6-22)21-9-10-25(33)23(14-21)30(35,36)37/h2-15H,16-17H2,1H3,(H,39,41)/b38-15+. The van der Waals surface area contributed by atoms with Crippen LogP contribution in [0.25, 0.3) is 0 Å². The number of halogens is 7. The van der Waals surface area contributed by atoms with Crippen molar-refractivity contribution in [1.82, 2.24) is 5.43 Å². The van der Waals surface area contributed by atoms with E-state index in [0.29, 0.717) is 47.5 Å². The van der Waals surface area contributed by atoms with Gasteiger partial charge in [0.15, 0.2) is 11.5 Å². The van der Waals surface area contributed by atoms with Gasteiger partial charge in [-0.15, -0.1) is 0 Å². The number of nitrogens with one attached hydrogen (secondary N) is 1. The van der Waals surface area contributed by atoms with Crippen molar-refractivity contribution in [3.05, 3.63) is 115 Å². The normalized spacial score (nSPS) is 11.8. The highest BCUT2D eigenvalue weighted by Crippen LogP contribution is 2.39. The minimum absolute atomic E-state index is 0.106. The maximum atomic E-state index is 13.6. The van der Waals surface area contributed by atoms with E-state index in [0.717, 1.165) is 12.1 Å². The van der Waals surface area contributed by atoms with E-state index < -0.39 is 44.9 Å². The van der Waals surface area contributed by atoms with Crippen LogP contribution in [0.3, 0.4) is 0 Å². The van der Waals surface area contributed by atoms with E-state index >= 15 is 0 Å². The molecule has 0 heterocycles. The van der Waals surface area contributed by atoms with Crippen LogP contribution < -0.4 is 19.2 Å². The Morgan fingerprint density at radius 1 is 1.00 bits per heavy atom. The average Bonchev–Trinajstić information content (AvgIpc) is 3.00. The summed E-state index contributed by atoms with van der Waals surface area (Å²) < 4.78 is 80.0.